The molecule has 2 aliphatic heterocycles. The fourth-order valence-corrected chi connectivity index (χ4v) is 7.71. The van der Waals surface area contributed by atoms with E-state index in [0.717, 1.165) is 53.9 Å². The summed E-state index contributed by atoms with van der Waals surface area (Å²) in [5.74, 6) is -0.140. The predicted octanol–water partition coefficient (Wildman–Crippen LogP) is 4.63. The van der Waals surface area contributed by atoms with Crippen LogP contribution in [-0.2, 0) is 21.1 Å². The van der Waals surface area contributed by atoms with E-state index in [4.69, 9.17) is 9.47 Å². The van der Waals surface area contributed by atoms with Crippen LogP contribution >= 0.6 is 11.3 Å². The van der Waals surface area contributed by atoms with Crippen LogP contribution in [0.25, 0.3) is 10.6 Å². The van der Waals surface area contributed by atoms with Crippen molar-refractivity contribution in [2.75, 3.05) is 38.2 Å². The molecule has 44 heavy (non-hydrogen) atoms. The molecule has 0 radical (unpaired) electrons. The largest absolute Gasteiger partial charge is 0.494 e. The zero-order chi connectivity index (χ0) is 30.7. The highest BCUT2D eigenvalue weighted by atomic mass is 32.2. The number of nitrogens with zero attached hydrogens (tertiary/aromatic N) is 2. The maximum atomic E-state index is 13.2. The zero-order valence-electron chi connectivity index (χ0n) is 24.1. The Labute approximate surface area is 260 Å². The van der Waals surface area contributed by atoms with E-state index < -0.39 is 21.7 Å². The van der Waals surface area contributed by atoms with Gasteiger partial charge < -0.3 is 20.1 Å². The number of thiazole rings is 1. The van der Waals surface area contributed by atoms with E-state index >= 15 is 0 Å². The lowest BCUT2D eigenvalue weighted by atomic mass is 10.1. The van der Waals surface area contributed by atoms with Crippen LogP contribution in [0.3, 0.4) is 0 Å². The predicted molar refractivity (Wildman–Crippen MR) is 167 cm³/mol. The number of carbonyl (C=O) groups excluding carboxylic acids is 2. The Kier molecular flexibility index (Phi) is 8.76. The summed E-state index contributed by atoms with van der Waals surface area (Å²) in [4.78, 5) is 33.3. The van der Waals surface area contributed by atoms with Crippen LogP contribution in [0.4, 0.5) is 5.69 Å². The molecule has 6 rings (SSSR count). The lowest BCUT2D eigenvalue weighted by molar-refractivity contribution is -0.0193. The number of carbonyl (C=O) groups is 2. The zero-order valence-corrected chi connectivity index (χ0v) is 25.7. The fourth-order valence-electron chi connectivity index (χ4n) is 5.26. The van der Waals surface area contributed by atoms with Crippen molar-refractivity contribution in [1.82, 2.24) is 15.2 Å². The fraction of sp³-hybridized carbons (Fsp3) is 0.281. The molecule has 0 saturated carbocycles. The van der Waals surface area contributed by atoms with Gasteiger partial charge in [-0.05, 0) is 67.9 Å². The summed E-state index contributed by atoms with van der Waals surface area (Å²) in [7, 11) is -3.94. The molecule has 0 aliphatic carbocycles. The van der Waals surface area contributed by atoms with Gasteiger partial charge in [0.15, 0.2) is 0 Å². The number of hydrogen-bond acceptors (Lipinski definition) is 9. The minimum absolute atomic E-state index is 0.0569. The van der Waals surface area contributed by atoms with Crippen molar-refractivity contribution in [3.8, 4) is 16.3 Å². The second kappa shape index (κ2) is 12.9. The third kappa shape index (κ3) is 6.53. The molecule has 1 atom stereocenters. The van der Waals surface area contributed by atoms with E-state index in [2.05, 4.69) is 27.4 Å². The Morgan fingerprint density at radius 3 is 2.77 bits per heavy atom. The summed E-state index contributed by atoms with van der Waals surface area (Å²) in [6, 6.07) is 18.0. The summed E-state index contributed by atoms with van der Waals surface area (Å²) in [5.41, 5.74) is 1.31. The van der Waals surface area contributed by atoms with Gasteiger partial charge >= 0.3 is 0 Å². The first-order valence-corrected chi connectivity index (χ1v) is 16.7. The Bertz CT molecular complexity index is 1790. The quantitative estimate of drug-likeness (QED) is 0.256. The second-order valence-corrected chi connectivity index (χ2v) is 13.7. The smallest absolute Gasteiger partial charge is 0.257 e. The van der Waals surface area contributed by atoms with Gasteiger partial charge in [0.1, 0.15) is 10.8 Å². The number of aromatic nitrogens is 1. The molecule has 3 aromatic carbocycles. The SMILES string of the molecule is CC1CN(CCCOc2ccc(-c3ncc(CNC(=O)c4ccc5c(c4)NC(=O)c4ccccc4S5(=O)=O)s3)cc2)CCO1. The van der Waals surface area contributed by atoms with Crippen LogP contribution in [0.5, 0.6) is 5.75 Å². The Morgan fingerprint density at radius 2 is 1.95 bits per heavy atom. The molecule has 12 heteroatoms. The highest BCUT2D eigenvalue weighted by Crippen LogP contribution is 2.34. The van der Waals surface area contributed by atoms with Crippen molar-refractivity contribution in [2.24, 2.45) is 0 Å². The van der Waals surface area contributed by atoms with E-state index in [0.29, 0.717) is 6.61 Å². The van der Waals surface area contributed by atoms with E-state index in [-0.39, 0.29) is 39.3 Å². The van der Waals surface area contributed by atoms with Crippen molar-refractivity contribution in [1.29, 1.82) is 0 Å². The monoisotopic (exact) mass is 632 g/mol. The molecular formula is C32H32N4O6S2. The first kappa shape index (κ1) is 29.9. The average Bonchev–Trinajstić information content (AvgIpc) is 3.48. The second-order valence-electron chi connectivity index (χ2n) is 10.7. The molecule has 1 aromatic heterocycles. The number of fused-ring (bicyclic) bond motifs is 2. The van der Waals surface area contributed by atoms with Gasteiger partial charge in [0.25, 0.3) is 11.8 Å². The number of ether oxygens (including phenoxy) is 2. The lowest BCUT2D eigenvalue weighted by Crippen LogP contribution is -2.41. The summed E-state index contributed by atoms with van der Waals surface area (Å²) in [5, 5.41) is 6.31. The van der Waals surface area contributed by atoms with Gasteiger partial charge in [-0.1, -0.05) is 12.1 Å². The van der Waals surface area contributed by atoms with Gasteiger partial charge in [-0.25, -0.2) is 13.4 Å². The standard InChI is InChI=1S/C32H32N4O6S2/c1-21-20-36(14-16-41-21)13-4-15-42-24-10-7-22(8-11-24)32-34-19-25(43-32)18-33-30(37)23-9-12-29-27(17-23)35-31(38)26-5-2-3-6-28(26)44(29,39)40/h2-3,5-12,17,19,21H,4,13-16,18,20H2,1H3,(H,33,37)(H,35,38). The molecule has 0 bridgehead atoms. The molecule has 228 valence electrons. The Hall–Kier alpha value is -4.10. The number of rotatable bonds is 9. The number of anilines is 1. The van der Waals surface area contributed by atoms with Crippen molar-refractivity contribution in [2.45, 2.75) is 35.8 Å². The highest BCUT2D eigenvalue weighted by molar-refractivity contribution is 7.91. The van der Waals surface area contributed by atoms with Gasteiger partial charge in [-0.15, -0.1) is 11.3 Å². The average molecular weight is 633 g/mol. The van der Waals surface area contributed by atoms with Crippen LogP contribution in [0, 0.1) is 0 Å². The van der Waals surface area contributed by atoms with Crippen molar-refractivity contribution < 1.29 is 27.5 Å². The van der Waals surface area contributed by atoms with Gasteiger partial charge in [-0.2, -0.15) is 0 Å². The highest BCUT2D eigenvalue weighted by Gasteiger charge is 2.31. The first-order chi connectivity index (χ1) is 21.3. The Morgan fingerprint density at radius 1 is 1.14 bits per heavy atom. The van der Waals surface area contributed by atoms with Crippen molar-refractivity contribution >= 4 is 38.7 Å². The molecule has 1 unspecified atom stereocenters. The third-order valence-electron chi connectivity index (χ3n) is 7.49. The first-order valence-electron chi connectivity index (χ1n) is 14.4. The minimum atomic E-state index is -3.94. The summed E-state index contributed by atoms with van der Waals surface area (Å²) < 4.78 is 37.9. The van der Waals surface area contributed by atoms with Crippen molar-refractivity contribution in [3.63, 3.8) is 0 Å². The number of sulfone groups is 1. The number of hydrogen-bond donors (Lipinski definition) is 2. The summed E-state index contributed by atoms with van der Waals surface area (Å²) >= 11 is 1.47. The molecule has 1 fully saturated rings. The Balaban J connectivity index is 1.03. The minimum Gasteiger partial charge on any atom is -0.494 e. The van der Waals surface area contributed by atoms with E-state index in [1.165, 1.54) is 41.7 Å². The number of amides is 2. The molecule has 3 heterocycles. The maximum Gasteiger partial charge on any atom is 0.257 e. The normalized spacial score (nSPS) is 17.6. The number of nitrogens with one attached hydrogen (secondary N) is 2. The molecule has 4 aromatic rings. The molecular weight excluding hydrogens is 601 g/mol. The van der Waals surface area contributed by atoms with Gasteiger partial charge in [-0.3, -0.25) is 14.5 Å². The maximum absolute atomic E-state index is 13.2. The number of benzene rings is 3. The van der Waals surface area contributed by atoms with Crippen LogP contribution < -0.4 is 15.4 Å². The van der Waals surface area contributed by atoms with Gasteiger partial charge in [0.2, 0.25) is 9.84 Å². The summed E-state index contributed by atoms with van der Waals surface area (Å²) in [6.45, 7) is 6.69. The van der Waals surface area contributed by atoms with Gasteiger partial charge in [0, 0.05) is 41.8 Å². The van der Waals surface area contributed by atoms with Crippen LogP contribution in [0.15, 0.2) is 82.7 Å². The molecule has 0 spiro atoms. The molecule has 2 N–H and O–H groups in total. The van der Waals surface area contributed by atoms with Gasteiger partial charge in [0.05, 0.1) is 46.9 Å². The van der Waals surface area contributed by atoms with E-state index in [1.807, 2.05) is 24.3 Å². The summed E-state index contributed by atoms with van der Waals surface area (Å²) in [6.07, 6.45) is 2.95. The molecule has 2 amide bonds. The van der Waals surface area contributed by atoms with E-state index in [9.17, 15) is 18.0 Å². The number of morpholine rings is 1. The third-order valence-corrected chi connectivity index (χ3v) is 10.4. The van der Waals surface area contributed by atoms with Crippen LogP contribution in [-0.4, -0.2) is 69.1 Å². The van der Waals surface area contributed by atoms with Crippen molar-refractivity contribution in [3.05, 3.63) is 88.9 Å². The van der Waals surface area contributed by atoms with Crippen LogP contribution in [0.1, 0.15) is 38.9 Å². The van der Waals surface area contributed by atoms with Crippen LogP contribution in [0.2, 0.25) is 0 Å². The molecule has 1 saturated heterocycles. The molecule has 2 aliphatic rings. The topological polar surface area (TPSA) is 127 Å². The molecule has 10 nitrogen and oxygen atoms in total. The van der Waals surface area contributed by atoms with E-state index in [1.54, 1.807) is 18.3 Å². The lowest BCUT2D eigenvalue weighted by Gasteiger charge is -2.30.